The van der Waals surface area contributed by atoms with Crippen molar-refractivity contribution in [3.63, 3.8) is 0 Å². The van der Waals surface area contributed by atoms with Crippen molar-refractivity contribution in [3.8, 4) is 11.3 Å². The number of hydrogen-bond acceptors (Lipinski definition) is 7. The number of benzene rings is 3. The molecular formula is C24H17Cl2N7OS. The van der Waals surface area contributed by atoms with Crippen molar-refractivity contribution in [1.29, 1.82) is 0 Å². The number of nitrogens with one attached hydrogen (secondary N) is 2. The molecule has 8 nitrogen and oxygen atoms in total. The molecule has 0 fully saturated rings. The summed E-state index contributed by atoms with van der Waals surface area (Å²) < 4.78 is 0. The molecule has 5 aromatic rings. The lowest BCUT2D eigenvalue weighted by atomic mass is 10.1. The van der Waals surface area contributed by atoms with E-state index in [-0.39, 0.29) is 11.9 Å². The summed E-state index contributed by atoms with van der Waals surface area (Å²) in [6, 6.07) is 22.5. The molecule has 0 bridgehead atoms. The van der Waals surface area contributed by atoms with Gasteiger partial charge in [0, 0.05) is 32.2 Å². The highest BCUT2D eigenvalue weighted by Gasteiger charge is 2.16. The number of halogens is 2. The first-order valence-corrected chi connectivity index (χ1v) is 12.1. The smallest absolute Gasteiger partial charge is 0.270 e. The van der Waals surface area contributed by atoms with Gasteiger partial charge in [0.2, 0.25) is 0 Å². The van der Waals surface area contributed by atoms with Gasteiger partial charge in [-0.25, -0.2) is 4.98 Å². The number of nitrogens with zero attached hydrogens (tertiary/aromatic N) is 5. The van der Waals surface area contributed by atoms with Crippen molar-refractivity contribution < 1.29 is 4.79 Å². The lowest BCUT2D eigenvalue weighted by Gasteiger charge is -2.22. The molecule has 0 atom stereocenters. The van der Waals surface area contributed by atoms with Gasteiger partial charge in [-0.3, -0.25) is 10.1 Å². The topological polar surface area (TPSA) is 99.7 Å². The number of H-pyrrole nitrogens is 1. The van der Waals surface area contributed by atoms with Crippen LogP contribution in [0.5, 0.6) is 0 Å². The highest BCUT2D eigenvalue weighted by Crippen LogP contribution is 2.34. The number of thiazole rings is 1. The number of hydrogen-bond donors (Lipinski definition) is 2. The van der Waals surface area contributed by atoms with Crippen molar-refractivity contribution in [3.05, 3.63) is 99.3 Å². The van der Waals surface area contributed by atoms with Crippen LogP contribution in [-0.4, -0.2) is 31.5 Å². The van der Waals surface area contributed by atoms with E-state index in [0.717, 1.165) is 27.6 Å². The molecule has 2 N–H and O–H groups in total. The van der Waals surface area contributed by atoms with Crippen LogP contribution in [-0.2, 0) is 6.54 Å². The fraction of sp³-hybridized carbons (Fsp3) is 0.0417. The number of amides is 1. The first-order valence-electron chi connectivity index (χ1n) is 10.4. The Morgan fingerprint density at radius 3 is 2.29 bits per heavy atom. The Bertz CT molecular complexity index is 1420. The van der Waals surface area contributed by atoms with Crippen molar-refractivity contribution in [1.82, 2.24) is 25.6 Å². The van der Waals surface area contributed by atoms with Crippen LogP contribution in [0.3, 0.4) is 0 Å². The maximum atomic E-state index is 12.4. The number of aromatic nitrogens is 5. The van der Waals surface area contributed by atoms with Gasteiger partial charge in [0.15, 0.2) is 5.13 Å². The maximum absolute atomic E-state index is 12.4. The minimum Gasteiger partial charge on any atom is -0.313 e. The molecule has 2 aromatic heterocycles. The van der Waals surface area contributed by atoms with Crippen molar-refractivity contribution in [2.45, 2.75) is 6.54 Å². The predicted molar refractivity (Wildman–Crippen MR) is 138 cm³/mol. The Balaban J connectivity index is 1.40. The average Bonchev–Trinajstić information content (AvgIpc) is 3.57. The standard InChI is InChI=1S/C24H17Cl2N7OS/c25-18-7-5-16(6-8-18)21-14-35-24(27-21)33(20-11-9-19(26)10-12-20)13-15-1-3-17(4-2-15)22(34)28-23-29-31-32-30-23/h1-12,14H,13H2,(H2,28,29,30,31,32,34). The van der Waals surface area contributed by atoms with E-state index in [1.165, 1.54) is 0 Å². The summed E-state index contributed by atoms with van der Waals surface area (Å²) in [5.41, 5.74) is 4.29. The third-order valence-electron chi connectivity index (χ3n) is 5.13. The zero-order chi connectivity index (χ0) is 24.2. The van der Waals surface area contributed by atoms with E-state index in [1.807, 2.05) is 66.0 Å². The second-order valence-electron chi connectivity index (χ2n) is 7.47. The van der Waals surface area contributed by atoms with Crippen LogP contribution < -0.4 is 10.2 Å². The van der Waals surface area contributed by atoms with E-state index in [4.69, 9.17) is 28.2 Å². The molecule has 0 aliphatic heterocycles. The largest absolute Gasteiger partial charge is 0.313 e. The van der Waals surface area contributed by atoms with Crippen LogP contribution in [0.15, 0.2) is 78.2 Å². The van der Waals surface area contributed by atoms with E-state index in [0.29, 0.717) is 22.2 Å². The summed E-state index contributed by atoms with van der Waals surface area (Å²) in [7, 11) is 0. The summed E-state index contributed by atoms with van der Waals surface area (Å²) in [6.45, 7) is 0.544. The average molecular weight is 522 g/mol. The Hall–Kier alpha value is -3.79. The fourth-order valence-corrected chi connectivity index (χ4v) is 4.47. The van der Waals surface area contributed by atoms with E-state index >= 15 is 0 Å². The zero-order valence-electron chi connectivity index (χ0n) is 18.0. The minimum absolute atomic E-state index is 0.119. The van der Waals surface area contributed by atoms with Crippen LogP contribution in [0.25, 0.3) is 11.3 Å². The van der Waals surface area contributed by atoms with E-state index in [2.05, 4.69) is 30.8 Å². The number of carbonyl (C=O) groups is 1. The molecule has 35 heavy (non-hydrogen) atoms. The molecule has 174 valence electrons. The SMILES string of the molecule is O=C(Nc1nn[nH]n1)c1ccc(CN(c2ccc(Cl)cc2)c2nc(-c3ccc(Cl)cc3)cs2)cc1. The monoisotopic (exact) mass is 521 g/mol. The van der Waals surface area contributed by atoms with Crippen LogP contribution in [0.2, 0.25) is 10.0 Å². The van der Waals surface area contributed by atoms with Crippen molar-refractivity contribution in [2.75, 3.05) is 10.2 Å². The Morgan fingerprint density at radius 1 is 0.943 bits per heavy atom. The van der Waals surface area contributed by atoms with Gasteiger partial charge in [0.05, 0.1) is 12.2 Å². The molecule has 0 aliphatic carbocycles. The Kier molecular flexibility index (Phi) is 6.71. The lowest BCUT2D eigenvalue weighted by Crippen LogP contribution is -2.17. The highest BCUT2D eigenvalue weighted by molar-refractivity contribution is 7.14. The second kappa shape index (κ2) is 10.2. The number of rotatable bonds is 7. The van der Waals surface area contributed by atoms with Gasteiger partial charge in [0.1, 0.15) is 0 Å². The Labute approximate surface area is 214 Å². The molecule has 5 rings (SSSR count). The van der Waals surface area contributed by atoms with Gasteiger partial charge in [-0.15, -0.1) is 16.4 Å². The first-order chi connectivity index (χ1) is 17.0. The molecule has 11 heteroatoms. The van der Waals surface area contributed by atoms with E-state index < -0.39 is 0 Å². The Morgan fingerprint density at radius 2 is 1.63 bits per heavy atom. The molecule has 1 amide bonds. The summed E-state index contributed by atoms with van der Waals surface area (Å²) in [5.74, 6) is -0.201. The number of carbonyl (C=O) groups excluding carboxylic acids is 1. The zero-order valence-corrected chi connectivity index (χ0v) is 20.3. The van der Waals surface area contributed by atoms with Gasteiger partial charge >= 0.3 is 0 Å². The molecule has 2 heterocycles. The minimum atomic E-state index is -0.319. The van der Waals surface area contributed by atoms with Gasteiger partial charge in [-0.1, -0.05) is 52.6 Å². The molecule has 0 unspecified atom stereocenters. The van der Waals surface area contributed by atoms with Crippen LogP contribution in [0.1, 0.15) is 15.9 Å². The van der Waals surface area contributed by atoms with Crippen LogP contribution >= 0.6 is 34.5 Å². The molecule has 0 saturated carbocycles. The lowest BCUT2D eigenvalue weighted by molar-refractivity contribution is 0.102. The number of aromatic amines is 1. The second-order valence-corrected chi connectivity index (χ2v) is 9.18. The molecule has 3 aromatic carbocycles. The van der Waals surface area contributed by atoms with Gasteiger partial charge in [0.25, 0.3) is 11.9 Å². The summed E-state index contributed by atoms with van der Waals surface area (Å²) in [6.07, 6.45) is 0. The third-order valence-corrected chi connectivity index (χ3v) is 6.50. The van der Waals surface area contributed by atoms with Crippen LogP contribution in [0.4, 0.5) is 16.8 Å². The molecular weight excluding hydrogens is 505 g/mol. The summed E-state index contributed by atoms with van der Waals surface area (Å²) >= 11 is 13.7. The maximum Gasteiger partial charge on any atom is 0.270 e. The first kappa shape index (κ1) is 23.0. The van der Waals surface area contributed by atoms with Crippen molar-refractivity contribution >= 4 is 57.2 Å². The quantitative estimate of drug-likeness (QED) is 0.263. The van der Waals surface area contributed by atoms with Crippen molar-refractivity contribution in [2.24, 2.45) is 0 Å². The van der Waals surface area contributed by atoms with E-state index in [9.17, 15) is 4.79 Å². The van der Waals surface area contributed by atoms with E-state index in [1.54, 1.807) is 23.5 Å². The fourth-order valence-electron chi connectivity index (χ4n) is 3.36. The van der Waals surface area contributed by atoms with Crippen LogP contribution in [0, 0.1) is 0 Å². The summed E-state index contributed by atoms with van der Waals surface area (Å²) in [4.78, 5) is 19.4. The molecule has 0 saturated heterocycles. The molecule has 0 radical (unpaired) electrons. The van der Waals surface area contributed by atoms with Gasteiger partial charge < -0.3 is 4.90 Å². The normalized spacial score (nSPS) is 10.8. The predicted octanol–water partition coefficient (Wildman–Crippen LogP) is 6.22. The molecule has 0 spiro atoms. The summed E-state index contributed by atoms with van der Waals surface area (Å²) in [5, 5.41) is 20.0. The number of tetrazole rings is 1. The van der Waals surface area contributed by atoms with Gasteiger partial charge in [-0.2, -0.15) is 5.21 Å². The van der Waals surface area contributed by atoms with Gasteiger partial charge in [-0.05, 0) is 59.3 Å². The highest BCUT2D eigenvalue weighted by atomic mass is 35.5. The third kappa shape index (κ3) is 5.48. The number of anilines is 3. The molecule has 0 aliphatic rings.